The van der Waals surface area contributed by atoms with Crippen molar-refractivity contribution in [3.63, 3.8) is 0 Å². The molecular formula is C17H20N4O2S. The second-order valence-corrected chi connectivity index (χ2v) is 6.66. The number of thiophene rings is 1. The minimum absolute atomic E-state index is 0.131. The fourth-order valence-corrected chi connectivity index (χ4v) is 3.75. The molecule has 3 rings (SSSR count). The zero-order valence-corrected chi connectivity index (χ0v) is 14.6. The Morgan fingerprint density at radius 3 is 2.96 bits per heavy atom. The Hall–Kier alpha value is -2.28. The summed E-state index contributed by atoms with van der Waals surface area (Å²) in [5, 5.41) is 3.78. The molecule has 1 N–H and O–H groups in total. The molecule has 3 aromatic heterocycles. The van der Waals surface area contributed by atoms with E-state index in [0.29, 0.717) is 23.2 Å². The number of aromatic nitrogens is 3. The zero-order valence-electron chi connectivity index (χ0n) is 13.8. The van der Waals surface area contributed by atoms with Crippen LogP contribution >= 0.6 is 11.3 Å². The molecule has 3 aromatic rings. The summed E-state index contributed by atoms with van der Waals surface area (Å²) in [7, 11) is 0. The summed E-state index contributed by atoms with van der Waals surface area (Å²) in [5.41, 5.74) is 0.478. The molecule has 0 saturated carbocycles. The molecule has 0 aliphatic rings. The van der Waals surface area contributed by atoms with Crippen LogP contribution in [0.4, 0.5) is 0 Å². The lowest BCUT2D eigenvalue weighted by molar-refractivity contribution is -0.124. The van der Waals surface area contributed by atoms with E-state index >= 15 is 0 Å². The fourth-order valence-electron chi connectivity index (χ4n) is 2.72. The quantitative estimate of drug-likeness (QED) is 0.698. The molecule has 0 bridgehead atoms. The topological polar surface area (TPSA) is 76.9 Å². The van der Waals surface area contributed by atoms with Crippen molar-refractivity contribution in [2.24, 2.45) is 0 Å². The van der Waals surface area contributed by atoms with Crippen LogP contribution in [-0.2, 0) is 4.79 Å². The van der Waals surface area contributed by atoms with Crippen LogP contribution in [0.1, 0.15) is 39.2 Å². The van der Waals surface area contributed by atoms with Gasteiger partial charge in [0.2, 0.25) is 5.91 Å². The van der Waals surface area contributed by atoms with E-state index in [1.807, 2.05) is 19.1 Å². The van der Waals surface area contributed by atoms with Crippen molar-refractivity contribution in [3.8, 4) is 0 Å². The van der Waals surface area contributed by atoms with Gasteiger partial charge in [-0.15, -0.1) is 11.3 Å². The van der Waals surface area contributed by atoms with Crippen LogP contribution in [-0.4, -0.2) is 27.0 Å². The lowest BCUT2D eigenvalue weighted by atomic mass is 10.2. The molecule has 0 aliphatic heterocycles. The summed E-state index contributed by atoms with van der Waals surface area (Å²) < 4.78 is 1.99. The van der Waals surface area contributed by atoms with Gasteiger partial charge in [-0.05, 0) is 25.0 Å². The van der Waals surface area contributed by atoms with E-state index < -0.39 is 6.04 Å². The third-order valence-electron chi connectivity index (χ3n) is 4.03. The van der Waals surface area contributed by atoms with E-state index in [0.717, 1.165) is 23.1 Å². The van der Waals surface area contributed by atoms with Crippen LogP contribution in [0.5, 0.6) is 0 Å². The van der Waals surface area contributed by atoms with Crippen LogP contribution < -0.4 is 10.9 Å². The normalized spacial score (nSPS) is 12.6. The summed E-state index contributed by atoms with van der Waals surface area (Å²) in [6.07, 6.45) is 5.66. The molecule has 126 valence electrons. The van der Waals surface area contributed by atoms with E-state index in [2.05, 4.69) is 22.2 Å². The maximum Gasteiger partial charge on any atom is 0.272 e. The van der Waals surface area contributed by atoms with Crippen molar-refractivity contribution in [3.05, 3.63) is 35.0 Å². The highest BCUT2D eigenvalue weighted by Crippen LogP contribution is 2.28. The molecule has 0 radical (unpaired) electrons. The highest BCUT2D eigenvalue weighted by atomic mass is 32.1. The number of amides is 1. The van der Waals surface area contributed by atoms with Crippen LogP contribution in [0.25, 0.3) is 20.4 Å². The smallest absolute Gasteiger partial charge is 0.272 e. The lowest BCUT2D eigenvalue weighted by Crippen LogP contribution is -2.37. The standard InChI is InChI=1S/C17H20N4O2S/c1-3-5-8-18-15(22)12(4-2)21-10-20-13-11-7-6-9-19-16(11)24-14(13)17(21)23/h6-7,9-10,12H,3-5,8H2,1-2H3,(H,18,22). The van der Waals surface area contributed by atoms with Gasteiger partial charge in [-0.1, -0.05) is 20.3 Å². The van der Waals surface area contributed by atoms with Gasteiger partial charge in [0.25, 0.3) is 5.56 Å². The van der Waals surface area contributed by atoms with Crippen molar-refractivity contribution in [2.75, 3.05) is 6.54 Å². The van der Waals surface area contributed by atoms with Gasteiger partial charge < -0.3 is 5.32 Å². The van der Waals surface area contributed by atoms with Gasteiger partial charge in [0.1, 0.15) is 15.6 Å². The number of hydrogen-bond acceptors (Lipinski definition) is 5. The molecule has 0 aliphatic carbocycles. The predicted octanol–water partition coefficient (Wildman–Crippen LogP) is 2.87. The monoisotopic (exact) mass is 344 g/mol. The average Bonchev–Trinajstić information content (AvgIpc) is 2.97. The van der Waals surface area contributed by atoms with Gasteiger partial charge in [-0.3, -0.25) is 14.2 Å². The summed E-state index contributed by atoms with van der Waals surface area (Å²) in [6.45, 7) is 4.59. The Balaban J connectivity index is 2.02. The third kappa shape index (κ3) is 2.91. The number of nitrogens with zero attached hydrogens (tertiary/aromatic N) is 3. The Morgan fingerprint density at radius 1 is 1.38 bits per heavy atom. The maximum absolute atomic E-state index is 12.9. The first-order valence-electron chi connectivity index (χ1n) is 8.19. The first-order valence-corrected chi connectivity index (χ1v) is 9.01. The number of pyridine rings is 1. The zero-order chi connectivity index (χ0) is 17.1. The highest BCUT2D eigenvalue weighted by Gasteiger charge is 2.21. The molecule has 24 heavy (non-hydrogen) atoms. The van der Waals surface area contributed by atoms with Gasteiger partial charge in [0.15, 0.2) is 0 Å². The number of carbonyl (C=O) groups is 1. The second-order valence-electron chi connectivity index (χ2n) is 5.66. The maximum atomic E-state index is 12.9. The molecule has 6 nitrogen and oxygen atoms in total. The Morgan fingerprint density at radius 2 is 2.21 bits per heavy atom. The number of nitrogens with one attached hydrogen (secondary N) is 1. The first kappa shape index (κ1) is 16.6. The number of unbranched alkanes of at least 4 members (excludes halogenated alkanes) is 1. The molecule has 1 unspecified atom stereocenters. The van der Waals surface area contributed by atoms with Gasteiger partial charge in [0, 0.05) is 18.1 Å². The van der Waals surface area contributed by atoms with E-state index in [9.17, 15) is 9.59 Å². The number of rotatable bonds is 6. The molecule has 7 heteroatoms. The van der Waals surface area contributed by atoms with E-state index in [1.165, 1.54) is 22.2 Å². The first-order chi connectivity index (χ1) is 11.7. The van der Waals surface area contributed by atoms with E-state index in [4.69, 9.17) is 0 Å². The van der Waals surface area contributed by atoms with Gasteiger partial charge in [-0.2, -0.15) is 0 Å². The number of hydrogen-bond donors (Lipinski definition) is 1. The minimum Gasteiger partial charge on any atom is -0.354 e. The summed E-state index contributed by atoms with van der Waals surface area (Å²) in [4.78, 5) is 34.8. The molecule has 0 saturated heterocycles. The van der Waals surface area contributed by atoms with Crippen LogP contribution in [0.15, 0.2) is 29.5 Å². The molecule has 0 spiro atoms. The van der Waals surface area contributed by atoms with Crippen LogP contribution in [0.3, 0.4) is 0 Å². The minimum atomic E-state index is -0.538. The number of fused-ring (bicyclic) bond motifs is 3. The van der Waals surface area contributed by atoms with E-state index in [-0.39, 0.29) is 11.5 Å². The van der Waals surface area contributed by atoms with Gasteiger partial charge in [0.05, 0.1) is 11.8 Å². The Kier molecular flexibility index (Phi) is 4.89. The van der Waals surface area contributed by atoms with Crippen molar-refractivity contribution < 1.29 is 4.79 Å². The second kappa shape index (κ2) is 7.09. The number of carbonyl (C=O) groups excluding carboxylic acids is 1. The summed E-state index contributed by atoms with van der Waals surface area (Å²) in [6, 6.07) is 3.20. The molecule has 3 heterocycles. The average molecular weight is 344 g/mol. The molecule has 1 atom stereocenters. The largest absolute Gasteiger partial charge is 0.354 e. The molecule has 1 amide bonds. The third-order valence-corrected chi connectivity index (χ3v) is 5.13. The van der Waals surface area contributed by atoms with Crippen molar-refractivity contribution in [2.45, 2.75) is 39.2 Å². The Bertz CT molecular complexity index is 931. The van der Waals surface area contributed by atoms with E-state index in [1.54, 1.807) is 6.20 Å². The van der Waals surface area contributed by atoms with Crippen LogP contribution in [0.2, 0.25) is 0 Å². The van der Waals surface area contributed by atoms with Crippen LogP contribution in [0, 0.1) is 0 Å². The predicted molar refractivity (Wildman–Crippen MR) is 96.4 cm³/mol. The fraction of sp³-hybridized carbons (Fsp3) is 0.412. The summed E-state index contributed by atoms with van der Waals surface area (Å²) >= 11 is 1.32. The SMILES string of the molecule is CCCCNC(=O)C(CC)n1cnc2c(sc3ncccc32)c1=O. The summed E-state index contributed by atoms with van der Waals surface area (Å²) in [5.74, 6) is -0.131. The van der Waals surface area contributed by atoms with Gasteiger partial charge >= 0.3 is 0 Å². The van der Waals surface area contributed by atoms with Gasteiger partial charge in [-0.25, -0.2) is 9.97 Å². The highest BCUT2D eigenvalue weighted by molar-refractivity contribution is 7.25. The Labute approximate surface area is 143 Å². The van der Waals surface area contributed by atoms with Crippen molar-refractivity contribution in [1.29, 1.82) is 0 Å². The van der Waals surface area contributed by atoms with Crippen molar-refractivity contribution in [1.82, 2.24) is 19.9 Å². The van der Waals surface area contributed by atoms with Crippen molar-refractivity contribution >= 4 is 37.7 Å². The molecule has 0 fully saturated rings. The molecule has 0 aromatic carbocycles. The molecular weight excluding hydrogens is 324 g/mol. The lowest BCUT2D eigenvalue weighted by Gasteiger charge is -2.17.